The predicted molar refractivity (Wildman–Crippen MR) is 78.2 cm³/mol. The van der Waals surface area contributed by atoms with Crippen LogP contribution in [-0.2, 0) is 21.2 Å². The van der Waals surface area contributed by atoms with Gasteiger partial charge in [0.2, 0.25) is 10.0 Å². The van der Waals surface area contributed by atoms with Crippen molar-refractivity contribution in [2.24, 2.45) is 0 Å². The van der Waals surface area contributed by atoms with Gasteiger partial charge in [-0.3, -0.25) is 0 Å². The van der Waals surface area contributed by atoms with Gasteiger partial charge in [-0.2, -0.15) is 0 Å². The minimum atomic E-state index is -3.41. The third kappa shape index (κ3) is 5.58. The van der Waals surface area contributed by atoms with E-state index in [1.165, 1.54) is 11.3 Å². The molecule has 0 amide bonds. The quantitative estimate of drug-likeness (QED) is 0.720. The Labute approximate surface area is 119 Å². The van der Waals surface area contributed by atoms with Crippen molar-refractivity contribution in [2.45, 2.75) is 30.6 Å². The minimum absolute atomic E-state index is 0.122. The van der Waals surface area contributed by atoms with E-state index in [0.717, 1.165) is 17.8 Å². The maximum atomic E-state index is 12.1. The fourth-order valence-electron chi connectivity index (χ4n) is 1.53. The monoisotopic (exact) mass is 306 g/mol. The second kappa shape index (κ2) is 7.96. The summed E-state index contributed by atoms with van der Waals surface area (Å²) in [5.41, 5.74) is 0. The van der Waals surface area contributed by atoms with E-state index in [-0.39, 0.29) is 6.10 Å². The Kier molecular flexibility index (Phi) is 6.95. The molecule has 0 aromatic carbocycles. The summed E-state index contributed by atoms with van der Waals surface area (Å²) >= 11 is 1.31. The highest BCUT2D eigenvalue weighted by atomic mass is 32.2. The SMILES string of the molecule is CCOC(C)CNS(=O)(=O)c1ccc(CCNC)s1. The summed E-state index contributed by atoms with van der Waals surface area (Å²) in [5, 5.41) is 3.04. The zero-order chi connectivity index (χ0) is 14.3. The van der Waals surface area contributed by atoms with Crippen molar-refractivity contribution < 1.29 is 13.2 Å². The van der Waals surface area contributed by atoms with E-state index in [4.69, 9.17) is 4.74 Å². The Bertz CT molecular complexity index is 471. The number of ether oxygens (including phenoxy) is 1. The molecule has 0 aliphatic carbocycles. The van der Waals surface area contributed by atoms with E-state index < -0.39 is 10.0 Å². The Morgan fingerprint density at radius 2 is 2.16 bits per heavy atom. The summed E-state index contributed by atoms with van der Waals surface area (Å²) in [6.07, 6.45) is 0.718. The standard InChI is InChI=1S/C12H22N2O3S2/c1-4-17-10(2)9-14-19(15,16)12-6-5-11(18-12)7-8-13-3/h5-6,10,13-14H,4,7-9H2,1-3H3. The molecule has 1 atom stereocenters. The van der Waals surface area contributed by atoms with Crippen molar-refractivity contribution in [2.75, 3.05) is 26.7 Å². The average molecular weight is 306 g/mol. The molecule has 0 saturated carbocycles. The molecule has 0 fully saturated rings. The van der Waals surface area contributed by atoms with Crippen molar-refractivity contribution >= 4 is 21.4 Å². The van der Waals surface area contributed by atoms with Crippen LogP contribution in [0.3, 0.4) is 0 Å². The molecule has 2 N–H and O–H groups in total. The first kappa shape index (κ1) is 16.6. The Hall–Kier alpha value is -0.470. The smallest absolute Gasteiger partial charge is 0.250 e. The molecule has 0 bridgehead atoms. The molecular formula is C12H22N2O3S2. The molecule has 19 heavy (non-hydrogen) atoms. The Morgan fingerprint density at radius 1 is 1.42 bits per heavy atom. The van der Waals surface area contributed by atoms with Crippen LogP contribution in [0.25, 0.3) is 0 Å². The lowest BCUT2D eigenvalue weighted by molar-refractivity contribution is 0.0800. The van der Waals surface area contributed by atoms with E-state index in [1.54, 1.807) is 6.07 Å². The van der Waals surface area contributed by atoms with Gasteiger partial charge in [0.05, 0.1) is 6.10 Å². The van der Waals surface area contributed by atoms with Gasteiger partial charge in [-0.15, -0.1) is 11.3 Å². The summed E-state index contributed by atoms with van der Waals surface area (Å²) < 4.78 is 32.3. The third-order valence-corrected chi connectivity index (χ3v) is 5.60. The van der Waals surface area contributed by atoms with Crippen molar-refractivity contribution in [1.29, 1.82) is 0 Å². The maximum absolute atomic E-state index is 12.1. The molecular weight excluding hydrogens is 284 g/mol. The van der Waals surface area contributed by atoms with Gasteiger partial charge < -0.3 is 10.1 Å². The number of hydrogen-bond acceptors (Lipinski definition) is 5. The highest BCUT2D eigenvalue weighted by Crippen LogP contribution is 2.21. The highest BCUT2D eigenvalue weighted by Gasteiger charge is 2.17. The van der Waals surface area contributed by atoms with Gasteiger partial charge in [0.25, 0.3) is 0 Å². The van der Waals surface area contributed by atoms with Gasteiger partial charge in [0.15, 0.2) is 0 Å². The van der Waals surface area contributed by atoms with Crippen LogP contribution in [0, 0.1) is 0 Å². The van der Waals surface area contributed by atoms with E-state index in [1.807, 2.05) is 27.0 Å². The van der Waals surface area contributed by atoms with Crippen LogP contribution in [0.2, 0.25) is 0 Å². The van der Waals surface area contributed by atoms with Crippen molar-refractivity contribution in [3.05, 3.63) is 17.0 Å². The van der Waals surface area contributed by atoms with Crippen LogP contribution < -0.4 is 10.0 Å². The molecule has 0 spiro atoms. The lowest BCUT2D eigenvalue weighted by Gasteiger charge is -2.12. The van der Waals surface area contributed by atoms with Crippen LogP contribution in [0.15, 0.2) is 16.3 Å². The highest BCUT2D eigenvalue weighted by molar-refractivity contribution is 7.91. The summed E-state index contributed by atoms with van der Waals surface area (Å²) in [6.45, 7) is 5.45. The van der Waals surface area contributed by atoms with Crippen molar-refractivity contribution in [3.63, 3.8) is 0 Å². The van der Waals surface area contributed by atoms with Crippen LogP contribution in [-0.4, -0.2) is 41.3 Å². The minimum Gasteiger partial charge on any atom is -0.377 e. The van der Waals surface area contributed by atoms with Crippen molar-refractivity contribution in [3.8, 4) is 0 Å². The molecule has 1 rings (SSSR count). The molecule has 1 aromatic heterocycles. The summed E-state index contributed by atoms with van der Waals surface area (Å²) in [5.74, 6) is 0. The first-order chi connectivity index (χ1) is 8.99. The van der Waals surface area contributed by atoms with Gasteiger partial charge in [0.1, 0.15) is 4.21 Å². The number of likely N-dealkylation sites (N-methyl/N-ethyl adjacent to an activating group) is 1. The molecule has 1 unspecified atom stereocenters. The summed E-state index contributed by atoms with van der Waals surface area (Å²) in [4.78, 5) is 1.06. The van der Waals surface area contributed by atoms with E-state index >= 15 is 0 Å². The second-order valence-corrected chi connectivity index (χ2v) is 7.35. The van der Waals surface area contributed by atoms with Crippen LogP contribution >= 0.6 is 11.3 Å². The van der Waals surface area contributed by atoms with Crippen LogP contribution in [0.4, 0.5) is 0 Å². The van der Waals surface area contributed by atoms with Crippen LogP contribution in [0.1, 0.15) is 18.7 Å². The van der Waals surface area contributed by atoms with Crippen LogP contribution in [0.5, 0.6) is 0 Å². The molecule has 5 nitrogen and oxygen atoms in total. The predicted octanol–water partition coefficient (Wildman–Crippen LogP) is 1.21. The van der Waals surface area contributed by atoms with Gasteiger partial charge in [-0.1, -0.05) is 0 Å². The Balaban J connectivity index is 2.59. The second-order valence-electron chi connectivity index (χ2n) is 4.19. The maximum Gasteiger partial charge on any atom is 0.250 e. The van der Waals surface area contributed by atoms with E-state index in [2.05, 4.69) is 10.0 Å². The zero-order valence-corrected chi connectivity index (χ0v) is 13.2. The molecule has 0 aliphatic rings. The topological polar surface area (TPSA) is 67.4 Å². The van der Waals surface area contributed by atoms with Gasteiger partial charge >= 0.3 is 0 Å². The number of sulfonamides is 1. The molecule has 0 radical (unpaired) electrons. The third-order valence-electron chi connectivity index (χ3n) is 2.54. The molecule has 7 heteroatoms. The van der Waals surface area contributed by atoms with Gasteiger partial charge in [-0.25, -0.2) is 13.1 Å². The normalized spacial score (nSPS) is 13.6. The summed E-state index contributed by atoms with van der Waals surface area (Å²) in [7, 11) is -1.53. The largest absolute Gasteiger partial charge is 0.377 e. The van der Waals surface area contributed by atoms with E-state index in [0.29, 0.717) is 17.4 Å². The van der Waals surface area contributed by atoms with E-state index in [9.17, 15) is 8.42 Å². The van der Waals surface area contributed by atoms with Gasteiger partial charge in [0, 0.05) is 18.0 Å². The molecule has 1 heterocycles. The fraction of sp³-hybridized carbons (Fsp3) is 0.667. The fourth-order valence-corrected chi connectivity index (χ4v) is 4.04. The first-order valence-corrected chi connectivity index (χ1v) is 8.64. The number of rotatable bonds is 9. The number of nitrogens with one attached hydrogen (secondary N) is 2. The molecule has 0 saturated heterocycles. The molecule has 110 valence electrons. The Morgan fingerprint density at radius 3 is 2.79 bits per heavy atom. The first-order valence-electron chi connectivity index (χ1n) is 6.34. The number of hydrogen-bond donors (Lipinski definition) is 2. The lowest BCUT2D eigenvalue weighted by Crippen LogP contribution is -2.31. The number of thiophene rings is 1. The zero-order valence-electron chi connectivity index (χ0n) is 11.6. The molecule has 1 aromatic rings. The summed E-state index contributed by atoms with van der Waals surface area (Å²) in [6, 6.07) is 3.52. The lowest BCUT2D eigenvalue weighted by atomic mass is 10.3. The van der Waals surface area contributed by atoms with Crippen molar-refractivity contribution in [1.82, 2.24) is 10.0 Å². The van der Waals surface area contributed by atoms with Gasteiger partial charge in [-0.05, 0) is 46.0 Å². The molecule has 0 aliphatic heterocycles. The average Bonchev–Trinajstić information content (AvgIpc) is 2.84.